The number of benzene rings is 1. The van der Waals surface area contributed by atoms with E-state index < -0.39 is 6.10 Å². The fraction of sp³-hybridized carbons (Fsp3) is 0.478. The smallest absolute Gasteiger partial charge is 0.318 e. The van der Waals surface area contributed by atoms with Crippen LogP contribution >= 0.6 is 0 Å². The van der Waals surface area contributed by atoms with Crippen molar-refractivity contribution in [3.05, 3.63) is 52.7 Å². The molecule has 0 saturated heterocycles. The lowest BCUT2D eigenvalue weighted by Crippen LogP contribution is -2.22. The number of aliphatic hydroxyl groups is 1. The Morgan fingerprint density at radius 2 is 1.86 bits per heavy atom. The molecule has 156 valence electrons. The molecule has 1 heterocycles. The normalized spacial score (nSPS) is 14.0. The van der Waals surface area contributed by atoms with Crippen LogP contribution in [-0.2, 0) is 13.0 Å². The predicted molar refractivity (Wildman–Crippen MR) is 117 cm³/mol. The fourth-order valence-corrected chi connectivity index (χ4v) is 3.53. The highest BCUT2D eigenvalue weighted by atomic mass is 16.5. The van der Waals surface area contributed by atoms with Gasteiger partial charge in [0.25, 0.3) is 0 Å². The van der Waals surface area contributed by atoms with Gasteiger partial charge in [-0.3, -0.25) is 4.90 Å². The van der Waals surface area contributed by atoms with Crippen LogP contribution in [0.2, 0.25) is 0 Å². The summed E-state index contributed by atoms with van der Waals surface area (Å²) in [6.45, 7) is 9.95. The second-order valence-electron chi connectivity index (χ2n) is 7.39. The number of anilines is 1. The standard InChI is InChI=1S/C23H32N4O2/c1-4-7-14-29-23-25-20-18(12-13-19(20)22(24)26-23)21(28)17-10-8-16(9-11-17)15-27(5-2)6-3/h8-12,21,28H,4-7,13-15H2,1-3H3,(H2,24,25,26). The summed E-state index contributed by atoms with van der Waals surface area (Å²) < 4.78 is 5.64. The Hall–Kier alpha value is -2.44. The van der Waals surface area contributed by atoms with Gasteiger partial charge in [-0.1, -0.05) is 57.5 Å². The molecule has 3 rings (SSSR count). The van der Waals surface area contributed by atoms with E-state index in [4.69, 9.17) is 10.5 Å². The van der Waals surface area contributed by atoms with Crippen molar-refractivity contribution in [2.75, 3.05) is 25.4 Å². The van der Waals surface area contributed by atoms with Crippen LogP contribution < -0.4 is 10.5 Å². The monoisotopic (exact) mass is 396 g/mol. The van der Waals surface area contributed by atoms with Gasteiger partial charge in [-0.25, -0.2) is 0 Å². The van der Waals surface area contributed by atoms with Crippen LogP contribution in [0.1, 0.15) is 62.1 Å². The first-order valence-corrected chi connectivity index (χ1v) is 10.6. The molecule has 0 radical (unpaired) electrons. The molecule has 1 unspecified atom stereocenters. The lowest BCUT2D eigenvalue weighted by molar-refractivity contribution is 0.237. The van der Waals surface area contributed by atoms with Gasteiger partial charge in [0, 0.05) is 17.7 Å². The summed E-state index contributed by atoms with van der Waals surface area (Å²) in [5.41, 5.74) is 10.5. The zero-order valence-electron chi connectivity index (χ0n) is 17.7. The van der Waals surface area contributed by atoms with E-state index in [1.165, 1.54) is 5.56 Å². The molecule has 6 nitrogen and oxygen atoms in total. The van der Waals surface area contributed by atoms with E-state index in [1.807, 2.05) is 18.2 Å². The molecule has 0 amide bonds. The Morgan fingerprint density at radius 1 is 1.14 bits per heavy atom. The van der Waals surface area contributed by atoms with Gasteiger partial charge >= 0.3 is 6.01 Å². The number of nitrogen functional groups attached to an aromatic ring is 1. The van der Waals surface area contributed by atoms with E-state index in [2.05, 4.69) is 47.8 Å². The maximum absolute atomic E-state index is 11.0. The van der Waals surface area contributed by atoms with Crippen molar-refractivity contribution >= 4 is 11.4 Å². The quantitative estimate of drug-likeness (QED) is 0.595. The van der Waals surface area contributed by atoms with Crippen molar-refractivity contribution in [2.45, 2.75) is 52.7 Å². The number of aliphatic hydroxyl groups excluding tert-OH is 1. The minimum atomic E-state index is -0.753. The SMILES string of the molecule is CCCCOc1nc(N)c2c(n1)C(C(O)c1ccc(CN(CC)CC)cc1)=CC2. The van der Waals surface area contributed by atoms with Crippen molar-refractivity contribution in [3.8, 4) is 6.01 Å². The molecular formula is C23H32N4O2. The van der Waals surface area contributed by atoms with Gasteiger partial charge in [0.15, 0.2) is 0 Å². The van der Waals surface area contributed by atoms with E-state index in [-0.39, 0.29) is 6.01 Å². The summed E-state index contributed by atoms with van der Waals surface area (Å²) in [5.74, 6) is 0.425. The molecule has 1 aliphatic carbocycles. The number of nitrogens with two attached hydrogens (primary N) is 1. The molecular weight excluding hydrogens is 364 g/mol. The Kier molecular flexibility index (Phi) is 7.23. The lowest BCUT2D eigenvalue weighted by atomic mass is 9.99. The minimum absolute atomic E-state index is 0.282. The first kappa shape index (κ1) is 21.3. The number of hydrogen-bond acceptors (Lipinski definition) is 6. The van der Waals surface area contributed by atoms with Crippen molar-refractivity contribution < 1.29 is 9.84 Å². The van der Waals surface area contributed by atoms with Crippen molar-refractivity contribution in [3.63, 3.8) is 0 Å². The highest BCUT2D eigenvalue weighted by Gasteiger charge is 2.26. The van der Waals surface area contributed by atoms with Crippen LogP contribution in [0.25, 0.3) is 5.57 Å². The van der Waals surface area contributed by atoms with Gasteiger partial charge in [-0.05, 0) is 37.1 Å². The van der Waals surface area contributed by atoms with Crippen LogP contribution in [0.15, 0.2) is 30.3 Å². The number of allylic oxidation sites excluding steroid dienone is 1. The zero-order chi connectivity index (χ0) is 20.8. The molecule has 0 aliphatic heterocycles. The van der Waals surface area contributed by atoms with E-state index >= 15 is 0 Å². The average molecular weight is 397 g/mol. The molecule has 1 aliphatic rings. The Balaban J connectivity index is 1.77. The molecule has 0 spiro atoms. The number of rotatable bonds is 10. The maximum Gasteiger partial charge on any atom is 0.318 e. The van der Waals surface area contributed by atoms with Gasteiger partial charge in [0.2, 0.25) is 0 Å². The summed E-state index contributed by atoms with van der Waals surface area (Å²) in [7, 11) is 0. The number of ether oxygens (including phenoxy) is 1. The second-order valence-corrected chi connectivity index (χ2v) is 7.39. The fourth-order valence-electron chi connectivity index (χ4n) is 3.53. The third-order valence-corrected chi connectivity index (χ3v) is 5.44. The summed E-state index contributed by atoms with van der Waals surface area (Å²) >= 11 is 0. The van der Waals surface area contributed by atoms with Crippen LogP contribution in [0, 0.1) is 0 Å². The van der Waals surface area contributed by atoms with Crippen molar-refractivity contribution in [2.24, 2.45) is 0 Å². The third kappa shape index (κ3) is 4.95. The van der Waals surface area contributed by atoms with E-state index in [9.17, 15) is 5.11 Å². The average Bonchev–Trinajstić information content (AvgIpc) is 3.16. The Morgan fingerprint density at radius 3 is 2.52 bits per heavy atom. The van der Waals surface area contributed by atoms with Crippen LogP contribution in [0.3, 0.4) is 0 Å². The van der Waals surface area contributed by atoms with Crippen LogP contribution in [-0.4, -0.2) is 39.7 Å². The third-order valence-electron chi connectivity index (χ3n) is 5.44. The predicted octanol–water partition coefficient (Wildman–Crippen LogP) is 3.75. The molecule has 3 N–H and O–H groups in total. The van der Waals surface area contributed by atoms with Gasteiger partial charge < -0.3 is 15.6 Å². The van der Waals surface area contributed by atoms with Gasteiger partial charge in [-0.15, -0.1) is 0 Å². The van der Waals surface area contributed by atoms with Crippen molar-refractivity contribution in [1.29, 1.82) is 0 Å². The minimum Gasteiger partial charge on any atom is -0.463 e. The number of aromatic nitrogens is 2. The Labute approximate surface area is 173 Å². The van der Waals surface area contributed by atoms with Gasteiger partial charge in [0.1, 0.15) is 11.9 Å². The molecule has 2 aromatic rings. The molecule has 29 heavy (non-hydrogen) atoms. The molecule has 6 heteroatoms. The number of unbranched alkanes of at least 4 members (excludes halogenated alkanes) is 1. The van der Waals surface area contributed by atoms with Gasteiger partial charge in [-0.2, -0.15) is 9.97 Å². The second kappa shape index (κ2) is 9.85. The topological polar surface area (TPSA) is 84.5 Å². The van der Waals surface area contributed by atoms with E-state index in [0.717, 1.165) is 49.2 Å². The summed E-state index contributed by atoms with van der Waals surface area (Å²) in [6.07, 6.45) is 3.83. The summed E-state index contributed by atoms with van der Waals surface area (Å²) in [5, 5.41) is 11.0. The molecule has 0 fully saturated rings. The highest BCUT2D eigenvalue weighted by molar-refractivity contribution is 5.77. The van der Waals surface area contributed by atoms with Crippen molar-refractivity contribution in [1.82, 2.24) is 14.9 Å². The van der Waals surface area contributed by atoms with E-state index in [1.54, 1.807) is 0 Å². The summed E-state index contributed by atoms with van der Waals surface area (Å²) in [4.78, 5) is 11.2. The molecule has 0 bridgehead atoms. The molecule has 1 aromatic carbocycles. The molecule has 1 atom stereocenters. The first-order chi connectivity index (χ1) is 14.1. The van der Waals surface area contributed by atoms with E-state index in [0.29, 0.717) is 24.5 Å². The lowest BCUT2D eigenvalue weighted by Gasteiger charge is -2.19. The molecule has 0 saturated carbocycles. The number of fused-ring (bicyclic) bond motifs is 1. The molecule has 1 aromatic heterocycles. The zero-order valence-corrected chi connectivity index (χ0v) is 17.7. The Bertz CT molecular complexity index is 845. The van der Waals surface area contributed by atoms with Crippen LogP contribution in [0.5, 0.6) is 6.01 Å². The maximum atomic E-state index is 11.0. The largest absolute Gasteiger partial charge is 0.463 e. The van der Waals surface area contributed by atoms with Gasteiger partial charge in [0.05, 0.1) is 12.3 Å². The highest BCUT2D eigenvalue weighted by Crippen LogP contribution is 2.38. The number of nitrogens with zero attached hydrogens (tertiary/aromatic N) is 3. The first-order valence-electron chi connectivity index (χ1n) is 10.6. The number of hydrogen-bond donors (Lipinski definition) is 2. The summed E-state index contributed by atoms with van der Waals surface area (Å²) in [6, 6.07) is 8.43. The van der Waals surface area contributed by atoms with Crippen LogP contribution in [0.4, 0.5) is 5.82 Å².